The number of carbonyl (C=O) groups is 1. The molecule has 1 atom stereocenters. The minimum absolute atomic E-state index is 0.0796. The number of nitrogens with one attached hydrogen (secondary N) is 1. The van der Waals surface area contributed by atoms with Gasteiger partial charge in [0, 0.05) is 24.7 Å². The monoisotopic (exact) mass is 366 g/mol. The van der Waals surface area contributed by atoms with Crippen molar-refractivity contribution in [2.45, 2.75) is 51.5 Å². The molecule has 2 fully saturated rings. The van der Waals surface area contributed by atoms with E-state index in [2.05, 4.69) is 32.2 Å². The lowest BCUT2D eigenvalue weighted by atomic mass is 10.1. The summed E-state index contributed by atoms with van der Waals surface area (Å²) in [4.78, 5) is 22.3. The van der Waals surface area contributed by atoms with Gasteiger partial charge in [-0.25, -0.2) is 0 Å². The van der Waals surface area contributed by atoms with Crippen LogP contribution in [0.25, 0.3) is 10.9 Å². The van der Waals surface area contributed by atoms with E-state index in [1.54, 1.807) is 0 Å². The molecule has 0 aliphatic carbocycles. The quantitative estimate of drug-likeness (QED) is 0.887. The van der Waals surface area contributed by atoms with E-state index < -0.39 is 0 Å². The molecule has 1 aromatic heterocycles. The third-order valence-corrected chi connectivity index (χ3v) is 6.02. The Morgan fingerprint density at radius 3 is 2.44 bits per heavy atom. The van der Waals surface area contributed by atoms with Crippen LogP contribution in [0.2, 0.25) is 0 Å². The van der Waals surface area contributed by atoms with E-state index in [0.29, 0.717) is 0 Å². The first-order valence-electron chi connectivity index (χ1n) is 10.4. The maximum atomic E-state index is 12.9. The zero-order valence-electron chi connectivity index (χ0n) is 16.3. The van der Waals surface area contributed by atoms with Crippen LogP contribution >= 0.6 is 0 Å². The average molecular weight is 367 g/mol. The Kier molecular flexibility index (Phi) is 5.58. The SMILES string of the molecule is CC(C(=O)Nc1ccc(N2CCCC2)c2ncccc12)N1CCCCCC1. The van der Waals surface area contributed by atoms with Crippen molar-refractivity contribution >= 4 is 28.2 Å². The number of likely N-dealkylation sites (tertiary alicyclic amines) is 1. The van der Waals surface area contributed by atoms with Crippen molar-refractivity contribution in [3.63, 3.8) is 0 Å². The van der Waals surface area contributed by atoms with Crippen molar-refractivity contribution in [3.8, 4) is 0 Å². The van der Waals surface area contributed by atoms with Gasteiger partial charge in [-0.3, -0.25) is 14.7 Å². The summed E-state index contributed by atoms with van der Waals surface area (Å²) in [5, 5.41) is 4.21. The number of hydrogen-bond donors (Lipinski definition) is 1. The third kappa shape index (κ3) is 3.93. The second-order valence-corrected chi connectivity index (χ2v) is 7.84. The lowest BCUT2D eigenvalue weighted by Crippen LogP contribution is -2.42. The van der Waals surface area contributed by atoms with Crippen LogP contribution in [0.15, 0.2) is 30.5 Å². The summed E-state index contributed by atoms with van der Waals surface area (Å²) >= 11 is 0. The first kappa shape index (κ1) is 18.2. The molecule has 0 saturated carbocycles. The zero-order valence-corrected chi connectivity index (χ0v) is 16.3. The van der Waals surface area contributed by atoms with Crippen LogP contribution in [-0.2, 0) is 4.79 Å². The normalized spacial score (nSPS) is 19.8. The standard InChI is InChI=1S/C22H30N4O/c1-17(25-13-4-2-3-5-14-25)22(27)24-19-10-11-20(26-15-6-7-16-26)21-18(19)9-8-12-23-21/h8-12,17H,2-7,13-16H2,1H3,(H,24,27). The molecule has 5 heteroatoms. The van der Waals surface area contributed by atoms with Gasteiger partial charge in [0.15, 0.2) is 0 Å². The van der Waals surface area contributed by atoms with Gasteiger partial charge in [-0.05, 0) is 70.0 Å². The number of hydrogen-bond acceptors (Lipinski definition) is 4. The van der Waals surface area contributed by atoms with Gasteiger partial charge in [0.05, 0.1) is 22.9 Å². The summed E-state index contributed by atoms with van der Waals surface area (Å²) in [7, 11) is 0. The minimum atomic E-state index is -0.104. The Balaban J connectivity index is 1.56. The van der Waals surface area contributed by atoms with Crippen LogP contribution in [0.5, 0.6) is 0 Å². The highest BCUT2D eigenvalue weighted by atomic mass is 16.2. The van der Waals surface area contributed by atoms with Crippen molar-refractivity contribution in [1.29, 1.82) is 0 Å². The summed E-state index contributed by atoms with van der Waals surface area (Å²) in [5.41, 5.74) is 3.04. The number of fused-ring (bicyclic) bond motifs is 1. The highest BCUT2D eigenvalue weighted by Crippen LogP contribution is 2.32. The number of pyridine rings is 1. The fourth-order valence-corrected chi connectivity index (χ4v) is 4.37. The van der Waals surface area contributed by atoms with Crippen molar-refractivity contribution in [2.24, 2.45) is 0 Å². The summed E-state index contributed by atoms with van der Waals surface area (Å²) in [6.45, 7) is 6.24. The molecule has 144 valence electrons. The fourth-order valence-electron chi connectivity index (χ4n) is 4.37. The van der Waals surface area contributed by atoms with E-state index in [0.717, 1.165) is 42.8 Å². The number of rotatable bonds is 4. The predicted octanol–water partition coefficient (Wildman–Crippen LogP) is 4.04. The number of amides is 1. The average Bonchev–Trinajstić information content (AvgIpc) is 3.09. The smallest absolute Gasteiger partial charge is 0.241 e. The molecule has 2 aliphatic heterocycles. The van der Waals surface area contributed by atoms with Crippen LogP contribution in [0.3, 0.4) is 0 Å². The molecule has 2 saturated heterocycles. The van der Waals surface area contributed by atoms with Gasteiger partial charge in [0.2, 0.25) is 5.91 Å². The molecule has 0 radical (unpaired) electrons. The Bertz CT molecular complexity index is 792. The van der Waals surface area contributed by atoms with Gasteiger partial charge < -0.3 is 10.2 Å². The van der Waals surface area contributed by atoms with Gasteiger partial charge in [-0.2, -0.15) is 0 Å². The Morgan fingerprint density at radius 2 is 1.70 bits per heavy atom. The van der Waals surface area contributed by atoms with E-state index in [9.17, 15) is 4.79 Å². The number of aromatic nitrogens is 1. The van der Waals surface area contributed by atoms with Crippen molar-refractivity contribution in [3.05, 3.63) is 30.5 Å². The van der Waals surface area contributed by atoms with Crippen LogP contribution in [-0.4, -0.2) is 48.0 Å². The van der Waals surface area contributed by atoms with Gasteiger partial charge in [0.1, 0.15) is 0 Å². The molecular formula is C22H30N4O. The minimum Gasteiger partial charge on any atom is -0.370 e. The molecule has 1 amide bonds. The van der Waals surface area contributed by atoms with Crippen LogP contribution in [0.1, 0.15) is 45.4 Å². The molecule has 2 aliphatic rings. The molecule has 27 heavy (non-hydrogen) atoms. The number of carbonyl (C=O) groups excluding carboxylic acids is 1. The van der Waals surface area contributed by atoms with Gasteiger partial charge in [-0.1, -0.05) is 12.8 Å². The second-order valence-electron chi connectivity index (χ2n) is 7.84. The molecule has 0 bridgehead atoms. The molecule has 5 nitrogen and oxygen atoms in total. The maximum absolute atomic E-state index is 12.9. The summed E-state index contributed by atoms with van der Waals surface area (Å²) < 4.78 is 0. The second kappa shape index (κ2) is 8.26. The largest absolute Gasteiger partial charge is 0.370 e. The van der Waals surface area contributed by atoms with Crippen LogP contribution in [0, 0.1) is 0 Å². The molecule has 3 heterocycles. The van der Waals surface area contributed by atoms with Crippen molar-refractivity contribution < 1.29 is 4.79 Å². The Hall–Kier alpha value is -2.14. The summed E-state index contributed by atoms with van der Waals surface area (Å²) in [6, 6.07) is 8.07. The summed E-state index contributed by atoms with van der Waals surface area (Å²) in [6.07, 6.45) is 9.25. The molecule has 0 spiro atoms. The van der Waals surface area contributed by atoms with Gasteiger partial charge >= 0.3 is 0 Å². The molecule has 4 rings (SSSR count). The molecule has 2 aromatic rings. The van der Waals surface area contributed by atoms with E-state index in [4.69, 9.17) is 0 Å². The van der Waals surface area contributed by atoms with E-state index in [-0.39, 0.29) is 11.9 Å². The van der Waals surface area contributed by atoms with E-state index >= 15 is 0 Å². The molecule has 1 N–H and O–H groups in total. The van der Waals surface area contributed by atoms with Crippen LogP contribution in [0.4, 0.5) is 11.4 Å². The lowest BCUT2D eigenvalue weighted by Gasteiger charge is -2.27. The maximum Gasteiger partial charge on any atom is 0.241 e. The lowest BCUT2D eigenvalue weighted by molar-refractivity contribution is -0.120. The first-order valence-corrected chi connectivity index (χ1v) is 10.4. The third-order valence-electron chi connectivity index (χ3n) is 6.02. The Labute approximate surface area is 161 Å². The zero-order chi connectivity index (χ0) is 18.6. The molecule has 1 unspecified atom stereocenters. The fraction of sp³-hybridized carbons (Fsp3) is 0.545. The number of benzene rings is 1. The number of anilines is 2. The topological polar surface area (TPSA) is 48.5 Å². The number of nitrogens with zero attached hydrogens (tertiary/aromatic N) is 3. The molecule has 1 aromatic carbocycles. The van der Waals surface area contributed by atoms with Crippen LogP contribution < -0.4 is 10.2 Å². The van der Waals surface area contributed by atoms with E-state index in [1.807, 2.05) is 25.3 Å². The highest BCUT2D eigenvalue weighted by molar-refractivity contribution is 6.06. The van der Waals surface area contributed by atoms with Crippen molar-refractivity contribution in [2.75, 3.05) is 36.4 Å². The first-order chi connectivity index (χ1) is 13.2. The summed E-state index contributed by atoms with van der Waals surface area (Å²) in [5.74, 6) is 0.0796. The van der Waals surface area contributed by atoms with E-state index in [1.165, 1.54) is 44.2 Å². The van der Waals surface area contributed by atoms with Crippen molar-refractivity contribution in [1.82, 2.24) is 9.88 Å². The predicted molar refractivity (Wildman–Crippen MR) is 111 cm³/mol. The molecular weight excluding hydrogens is 336 g/mol. The van der Waals surface area contributed by atoms with Gasteiger partial charge in [0.25, 0.3) is 0 Å². The van der Waals surface area contributed by atoms with Gasteiger partial charge in [-0.15, -0.1) is 0 Å². The highest BCUT2D eigenvalue weighted by Gasteiger charge is 2.23. The Morgan fingerprint density at radius 1 is 1.00 bits per heavy atom.